The second-order valence-electron chi connectivity index (χ2n) is 5.07. The topological polar surface area (TPSA) is 54.0 Å². The summed E-state index contributed by atoms with van der Waals surface area (Å²) < 4.78 is 0. The molecule has 4 nitrogen and oxygen atoms in total. The standard InChI is InChI=1S/C17H21N3O/c1-4-9-18-16-10-13(3)19-11-14(16)17(21)20-15-8-6-5-7-12(15)2/h5-8,10-11H,4,9H2,1-3H3,(H,18,19)(H,20,21). The van der Waals surface area contributed by atoms with E-state index in [4.69, 9.17) is 0 Å². The van der Waals surface area contributed by atoms with Gasteiger partial charge in [-0.25, -0.2) is 0 Å². The van der Waals surface area contributed by atoms with E-state index in [9.17, 15) is 4.79 Å². The lowest BCUT2D eigenvalue weighted by Crippen LogP contribution is -2.16. The van der Waals surface area contributed by atoms with Crippen molar-refractivity contribution in [2.45, 2.75) is 27.2 Å². The Bertz CT molecular complexity index is 638. The minimum Gasteiger partial charge on any atom is -0.384 e. The molecule has 1 aromatic heterocycles. The van der Waals surface area contributed by atoms with Gasteiger partial charge in [-0.05, 0) is 38.0 Å². The fraction of sp³-hybridized carbons (Fsp3) is 0.294. The van der Waals surface area contributed by atoms with Crippen molar-refractivity contribution >= 4 is 17.3 Å². The maximum atomic E-state index is 12.5. The summed E-state index contributed by atoms with van der Waals surface area (Å²) in [6.45, 7) is 6.81. The SMILES string of the molecule is CCCNc1cc(C)ncc1C(=O)Nc1ccccc1C. The number of anilines is 2. The zero-order valence-corrected chi connectivity index (χ0v) is 12.7. The van der Waals surface area contributed by atoms with Crippen LogP contribution >= 0.6 is 0 Å². The highest BCUT2D eigenvalue weighted by atomic mass is 16.1. The van der Waals surface area contributed by atoms with Gasteiger partial charge in [0.1, 0.15) is 0 Å². The van der Waals surface area contributed by atoms with E-state index in [1.54, 1.807) is 6.20 Å². The van der Waals surface area contributed by atoms with Crippen molar-refractivity contribution in [3.63, 3.8) is 0 Å². The summed E-state index contributed by atoms with van der Waals surface area (Å²) in [6.07, 6.45) is 2.63. The van der Waals surface area contributed by atoms with E-state index in [0.717, 1.165) is 35.6 Å². The number of hydrogen-bond donors (Lipinski definition) is 2. The van der Waals surface area contributed by atoms with Crippen LogP contribution in [0.1, 0.15) is 35.0 Å². The third kappa shape index (κ3) is 3.81. The van der Waals surface area contributed by atoms with Crippen molar-refractivity contribution in [2.24, 2.45) is 0 Å². The average molecular weight is 283 g/mol. The van der Waals surface area contributed by atoms with Gasteiger partial charge in [-0.15, -0.1) is 0 Å². The van der Waals surface area contributed by atoms with Crippen LogP contribution in [0.15, 0.2) is 36.5 Å². The van der Waals surface area contributed by atoms with Gasteiger partial charge in [0.25, 0.3) is 5.91 Å². The van der Waals surface area contributed by atoms with Gasteiger partial charge in [0.05, 0.1) is 11.3 Å². The Labute approximate surface area is 125 Å². The molecule has 0 aliphatic heterocycles. The number of carbonyl (C=O) groups excluding carboxylic acids is 1. The predicted octanol–water partition coefficient (Wildman–Crippen LogP) is 3.77. The fourth-order valence-corrected chi connectivity index (χ4v) is 2.05. The summed E-state index contributed by atoms with van der Waals surface area (Å²) in [5.74, 6) is -0.143. The van der Waals surface area contributed by atoms with Gasteiger partial charge in [0, 0.05) is 24.1 Å². The van der Waals surface area contributed by atoms with Crippen LogP contribution in [0.5, 0.6) is 0 Å². The number of pyridine rings is 1. The number of aryl methyl sites for hydroxylation is 2. The van der Waals surface area contributed by atoms with Crippen molar-refractivity contribution in [2.75, 3.05) is 17.2 Å². The normalized spacial score (nSPS) is 10.2. The summed E-state index contributed by atoms with van der Waals surface area (Å²) in [6, 6.07) is 9.63. The predicted molar refractivity (Wildman–Crippen MR) is 86.9 cm³/mol. The van der Waals surface area contributed by atoms with E-state index < -0.39 is 0 Å². The Hall–Kier alpha value is -2.36. The third-order valence-corrected chi connectivity index (χ3v) is 3.24. The Morgan fingerprint density at radius 1 is 1.19 bits per heavy atom. The van der Waals surface area contributed by atoms with Crippen molar-refractivity contribution in [1.29, 1.82) is 0 Å². The highest BCUT2D eigenvalue weighted by molar-refractivity contribution is 6.08. The smallest absolute Gasteiger partial charge is 0.259 e. The monoisotopic (exact) mass is 283 g/mol. The van der Waals surface area contributed by atoms with E-state index >= 15 is 0 Å². The molecule has 0 radical (unpaired) electrons. The van der Waals surface area contributed by atoms with Crippen LogP contribution < -0.4 is 10.6 Å². The summed E-state index contributed by atoms with van der Waals surface area (Å²) in [5, 5.41) is 6.23. The molecule has 1 heterocycles. The molecule has 21 heavy (non-hydrogen) atoms. The fourth-order valence-electron chi connectivity index (χ4n) is 2.05. The molecule has 0 saturated heterocycles. The van der Waals surface area contributed by atoms with Crippen LogP contribution in [0.2, 0.25) is 0 Å². The van der Waals surface area contributed by atoms with Gasteiger partial charge in [0.2, 0.25) is 0 Å². The van der Waals surface area contributed by atoms with Crippen molar-refractivity contribution in [3.8, 4) is 0 Å². The molecule has 4 heteroatoms. The zero-order chi connectivity index (χ0) is 15.2. The summed E-state index contributed by atoms with van der Waals surface area (Å²) in [7, 11) is 0. The van der Waals surface area contributed by atoms with E-state index in [2.05, 4.69) is 22.5 Å². The van der Waals surface area contributed by atoms with Crippen LogP contribution in [-0.4, -0.2) is 17.4 Å². The largest absolute Gasteiger partial charge is 0.384 e. The van der Waals surface area contributed by atoms with Gasteiger partial charge in [0.15, 0.2) is 0 Å². The lowest BCUT2D eigenvalue weighted by molar-refractivity contribution is 0.102. The van der Waals surface area contributed by atoms with Crippen LogP contribution in [0.25, 0.3) is 0 Å². The summed E-state index contributed by atoms with van der Waals surface area (Å²) in [4.78, 5) is 16.7. The minimum atomic E-state index is -0.143. The van der Waals surface area contributed by atoms with Crippen molar-refractivity contribution < 1.29 is 4.79 Å². The van der Waals surface area contributed by atoms with Crippen LogP contribution in [0.3, 0.4) is 0 Å². The second-order valence-corrected chi connectivity index (χ2v) is 5.07. The molecule has 110 valence electrons. The number of hydrogen-bond acceptors (Lipinski definition) is 3. The second kappa shape index (κ2) is 6.88. The van der Waals surface area contributed by atoms with E-state index in [1.165, 1.54) is 0 Å². The molecule has 1 amide bonds. The lowest BCUT2D eigenvalue weighted by Gasteiger charge is -2.13. The van der Waals surface area contributed by atoms with Crippen molar-refractivity contribution in [3.05, 3.63) is 53.3 Å². The van der Waals surface area contributed by atoms with Gasteiger partial charge in [-0.1, -0.05) is 25.1 Å². The molecule has 2 N–H and O–H groups in total. The molecule has 2 rings (SSSR count). The quantitative estimate of drug-likeness (QED) is 0.878. The molecule has 0 fully saturated rings. The molecule has 0 bridgehead atoms. The van der Waals surface area contributed by atoms with Crippen LogP contribution in [0, 0.1) is 13.8 Å². The van der Waals surface area contributed by atoms with Gasteiger partial charge in [-0.3, -0.25) is 9.78 Å². The molecule has 0 atom stereocenters. The third-order valence-electron chi connectivity index (χ3n) is 3.24. The highest BCUT2D eigenvalue weighted by Gasteiger charge is 2.13. The van der Waals surface area contributed by atoms with E-state index in [-0.39, 0.29) is 5.91 Å². The van der Waals surface area contributed by atoms with Gasteiger partial charge in [-0.2, -0.15) is 0 Å². The molecular weight excluding hydrogens is 262 g/mol. The zero-order valence-electron chi connectivity index (χ0n) is 12.7. The number of benzene rings is 1. The number of aromatic nitrogens is 1. The summed E-state index contributed by atoms with van der Waals surface area (Å²) in [5.41, 5.74) is 4.15. The van der Waals surface area contributed by atoms with E-state index in [0.29, 0.717) is 5.56 Å². The first-order valence-corrected chi connectivity index (χ1v) is 7.19. The van der Waals surface area contributed by atoms with Gasteiger partial charge < -0.3 is 10.6 Å². The molecule has 0 unspecified atom stereocenters. The Morgan fingerprint density at radius 3 is 2.67 bits per heavy atom. The molecule has 0 spiro atoms. The number of nitrogens with zero attached hydrogens (tertiary/aromatic N) is 1. The number of amides is 1. The maximum absolute atomic E-state index is 12.5. The Kier molecular flexibility index (Phi) is 4.93. The highest BCUT2D eigenvalue weighted by Crippen LogP contribution is 2.19. The molecule has 0 aliphatic rings. The first-order chi connectivity index (χ1) is 10.1. The minimum absolute atomic E-state index is 0.143. The molecule has 1 aromatic carbocycles. The molecular formula is C17H21N3O. The average Bonchev–Trinajstić information content (AvgIpc) is 2.47. The number of para-hydroxylation sites is 1. The Morgan fingerprint density at radius 2 is 1.95 bits per heavy atom. The first kappa shape index (κ1) is 15.0. The summed E-state index contributed by atoms with van der Waals surface area (Å²) >= 11 is 0. The van der Waals surface area contributed by atoms with Gasteiger partial charge >= 0.3 is 0 Å². The molecule has 0 saturated carbocycles. The number of nitrogens with one attached hydrogen (secondary N) is 2. The van der Waals surface area contributed by atoms with Crippen molar-refractivity contribution in [1.82, 2.24) is 4.98 Å². The maximum Gasteiger partial charge on any atom is 0.259 e. The molecule has 0 aliphatic carbocycles. The molecule has 2 aromatic rings. The number of rotatable bonds is 5. The van der Waals surface area contributed by atoms with Crippen LogP contribution in [0.4, 0.5) is 11.4 Å². The van der Waals surface area contributed by atoms with Crippen LogP contribution in [-0.2, 0) is 0 Å². The van der Waals surface area contributed by atoms with E-state index in [1.807, 2.05) is 44.2 Å². The lowest BCUT2D eigenvalue weighted by atomic mass is 10.1. The number of carbonyl (C=O) groups is 1. The first-order valence-electron chi connectivity index (χ1n) is 7.19. The Balaban J connectivity index is 2.24.